The summed E-state index contributed by atoms with van der Waals surface area (Å²) in [5.74, 6) is 0. The molecule has 0 saturated heterocycles. The fraction of sp³-hybridized carbons (Fsp3) is 1.00. The van der Waals surface area contributed by atoms with Crippen LogP contribution in [0, 0.1) is 0 Å². The van der Waals surface area contributed by atoms with Gasteiger partial charge >= 0.3 is 0 Å². The maximum Gasteiger partial charge on any atom is 0.155 e. The maximum atomic E-state index is 10.1. The number of unbranched alkanes of at least 4 members (excludes halogenated alkanes) is 5. The summed E-state index contributed by atoms with van der Waals surface area (Å²) in [5, 5.41) is 0. The van der Waals surface area contributed by atoms with E-state index >= 15 is 0 Å². The predicted molar refractivity (Wildman–Crippen MR) is 52.1 cm³/mol. The lowest BCUT2D eigenvalue weighted by Crippen LogP contribution is -1.88. The second kappa shape index (κ2) is 11.1. The van der Waals surface area contributed by atoms with Crippen molar-refractivity contribution in [2.75, 3.05) is 19.9 Å². The van der Waals surface area contributed by atoms with E-state index in [0.29, 0.717) is 8.46 Å². The van der Waals surface area contributed by atoms with Crippen LogP contribution in [0.3, 0.4) is 0 Å². The van der Waals surface area contributed by atoms with Crippen molar-refractivity contribution in [3.8, 4) is 0 Å². The summed E-state index contributed by atoms with van der Waals surface area (Å²) in [5.41, 5.74) is 0. The molecule has 0 aliphatic carbocycles. The second-order valence-electron chi connectivity index (χ2n) is 2.97. The number of methoxy groups -OCH3 is 1. The summed E-state index contributed by atoms with van der Waals surface area (Å²) in [7, 11) is 2.05. The van der Waals surface area contributed by atoms with E-state index in [1.54, 1.807) is 7.11 Å². The van der Waals surface area contributed by atoms with Crippen LogP contribution < -0.4 is 0 Å². The van der Waals surface area contributed by atoms with E-state index in [4.69, 9.17) is 4.74 Å². The van der Waals surface area contributed by atoms with Crippen LogP contribution in [0.5, 0.6) is 0 Å². The third kappa shape index (κ3) is 10.1. The summed E-state index contributed by atoms with van der Waals surface area (Å²) < 4.78 is 15.0. The molecule has 0 aromatic rings. The molecular weight excluding hydrogens is 171 g/mol. The average Bonchev–Trinajstić information content (AvgIpc) is 2.10. The molecule has 0 aliphatic heterocycles. The first-order valence-corrected chi connectivity index (χ1v) is 5.69. The quantitative estimate of drug-likeness (QED) is 0.412. The van der Waals surface area contributed by atoms with Crippen molar-refractivity contribution in [2.24, 2.45) is 0 Å². The van der Waals surface area contributed by atoms with Crippen molar-refractivity contribution in [3.05, 3.63) is 0 Å². The van der Waals surface area contributed by atoms with Crippen molar-refractivity contribution in [3.63, 3.8) is 0 Å². The van der Waals surface area contributed by atoms with E-state index in [9.17, 15) is 4.57 Å². The molecule has 12 heavy (non-hydrogen) atoms. The molecule has 0 fully saturated rings. The van der Waals surface area contributed by atoms with E-state index in [2.05, 4.69) is 0 Å². The summed E-state index contributed by atoms with van der Waals surface area (Å²) >= 11 is 0. The van der Waals surface area contributed by atoms with Gasteiger partial charge < -0.3 is 4.74 Å². The molecule has 0 bridgehead atoms. The zero-order valence-electron chi connectivity index (χ0n) is 7.92. The average molecular weight is 190 g/mol. The highest BCUT2D eigenvalue weighted by Gasteiger charge is 1.90. The zero-order chi connectivity index (χ0) is 9.07. The fourth-order valence-corrected chi connectivity index (χ4v) is 1.48. The van der Waals surface area contributed by atoms with E-state index < -0.39 is 0 Å². The predicted octanol–water partition coefficient (Wildman–Crippen LogP) is 3.27. The molecule has 72 valence electrons. The number of hydrogen-bond acceptors (Lipinski definition) is 2. The van der Waals surface area contributed by atoms with Gasteiger partial charge in [0.1, 0.15) is 0 Å². The first kappa shape index (κ1) is 12.1. The monoisotopic (exact) mass is 190 g/mol. The van der Waals surface area contributed by atoms with Crippen LogP contribution in [0.15, 0.2) is 0 Å². The molecule has 0 spiro atoms. The Kier molecular flexibility index (Phi) is 11.1. The number of hydrogen-bond donors (Lipinski definition) is 0. The van der Waals surface area contributed by atoms with Gasteiger partial charge in [0.25, 0.3) is 0 Å². The highest BCUT2D eigenvalue weighted by Crippen LogP contribution is 2.07. The summed E-state index contributed by atoms with van der Waals surface area (Å²) in [6.07, 6.45) is 8.17. The largest absolute Gasteiger partial charge is 0.385 e. The van der Waals surface area contributed by atoms with Crippen LogP contribution in [0.2, 0.25) is 0 Å². The van der Waals surface area contributed by atoms with Crippen LogP contribution in [0.25, 0.3) is 0 Å². The summed E-state index contributed by atoms with van der Waals surface area (Å²) in [6, 6.07) is 0. The molecule has 0 N–H and O–H groups in total. The van der Waals surface area contributed by atoms with E-state index in [1.165, 1.54) is 32.1 Å². The van der Waals surface area contributed by atoms with Gasteiger partial charge in [-0.05, 0) is 12.8 Å². The Morgan fingerprint density at radius 1 is 1.00 bits per heavy atom. The first-order chi connectivity index (χ1) is 5.91. The molecule has 0 unspecified atom stereocenters. The molecule has 0 atom stereocenters. The molecule has 0 aromatic carbocycles. The van der Waals surface area contributed by atoms with Crippen LogP contribution >= 0.6 is 8.46 Å². The van der Waals surface area contributed by atoms with Gasteiger partial charge in [0.15, 0.2) is 8.46 Å². The number of ether oxygens (including phenoxy) is 1. The highest BCUT2D eigenvalue weighted by molar-refractivity contribution is 7.23. The van der Waals surface area contributed by atoms with Crippen LogP contribution in [0.1, 0.15) is 38.5 Å². The summed E-state index contributed by atoms with van der Waals surface area (Å²) in [4.78, 5) is 0. The van der Waals surface area contributed by atoms with E-state index in [-0.39, 0.29) is 0 Å². The fourth-order valence-electron chi connectivity index (χ4n) is 1.13. The van der Waals surface area contributed by atoms with Gasteiger partial charge in [-0.25, -0.2) is 0 Å². The maximum absolute atomic E-state index is 10.1. The highest BCUT2D eigenvalue weighted by atomic mass is 31.1. The second-order valence-corrected chi connectivity index (χ2v) is 3.67. The lowest BCUT2D eigenvalue weighted by molar-refractivity contribution is 0.192. The van der Waals surface area contributed by atoms with Crippen molar-refractivity contribution >= 4 is 8.46 Å². The third-order valence-electron chi connectivity index (χ3n) is 1.85. The van der Waals surface area contributed by atoms with Crippen molar-refractivity contribution in [1.82, 2.24) is 0 Å². The molecule has 0 saturated carbocycles. The molecule has 0 aliphatic rings. The topological polar surface area (TPSA) is 26.3 Å². The third-order valence-corrected chi connectivity index (χ3v) is 2.35. The Bertz CT molecular complexity index is 96.5. The molecule has 2 nitrogen and oxygen atoms in total. The minimum atomic E-state index is 0.302. The Labute approximate surface area is 76.9 Å². The van der Waals surface area contributed by atoms with Gasteiger partial charge in [-0.15, -0.1) is 0 Å². The minimum absolute atomic E-state index is 0.302. The Hall–Kier alpha value is 0.0600. The summed E-state index contributed by atoms with van der Waals surface area (Å²) in [6.45, 7) is 0.888. The lowest BCUT2D eigenvalue weighted by atomic mass is 10.1. The van der Waals surface area contributed by atoms with Gasteiger partial charge in [-0.2, -0.15) is 0 Å². The Morgan fingerprint density at radius 3 is 2.17 bits per heavy atom. The van der Waals surface area contributed by atoms with Gasteiger partial charge in [0.2, 0.25) is 0 Å². The van der Waals surface area contributed by atoms with Gasteiger partial charge in [-0.1, -0.05) is 25.7 Å². The molecule has 0 amide bonds. The van der Waals surface area contributed by atoms with Crippen molar-refractivity contribution in [1.29, 1.82) is 0 Å². The SMILES string of the molecule is COCCCCCCCCP=O. The van der Waals surface area contributed by atoms with Crippen LogP contribution in [0.4, 0.5) is 0 Å². The van der Waals surface area contributed by atoms with Crippen molar-refractivity contribution in [2.45, 2.75) is 38.5 Å². The van der Waals surface area contributed by atoms with E-state index in [1.807, 2.05) is 0 Å². The van der Waals surface area contributed by atoms with Gasteiger partial charge in [-0.3, -0.25) is 4.57 Å². The number of rotatable bonds is 9. The molecular formula is C9H19O2P. The first-order valence-electron chi connectivity index (χ1n) is 4.70. The molecule has 0 aromatic heterocycles. The smallest absolute Gasteiger partial charge is 0.155 e. The van der Waals surface area contributed by atoms with Crippen LogP contribution in [-0.4, -0.2) is 19.9 Å². The zero-order valence-corrected chi connectivity index (χ0v) is 8.81. The normalized spacial score (nSPS) is 10.8. The van der Waals surface area contributed by atoms with Gasteiger partial charge in [0, 0.05) is 19.9 Å². The van der Waals surface area contributed by atoms with E-state index in [0.717, 1.165) is 19.2 Å². The van der Waals surface area contributed by atoms with Gasteiger partial charge in [0.05, 0.1) is 0 Å². The Morgan fingerprint density at radius 2 is 1.58 bits per heavy atom. The minimum Gasteiger partial charge on any atom is -0.385 e. The standard InChI is InChI=1S/C9H19O2P/c1-11-8-6-4-2-3-5-7-9-12-10/h2-9H2,1H3. The van der Waals surface area contributed by atoms with Crippen LogP contribution in [-0.2, 0) is 9.30 Å². The molecule has 3 heteroatoms. The molecule has 0 radical (unpaired) electrons. The Balaban J connectivity index is 2.77. The van der Waals surface area contributed by atoms with Crippen molar-refractivity contribution < 1.29 is 9.30 Å². The molecule has 0 rings (SSSR count). The molecule has 0 heterocycles. The lowest BCUT2D eigenvalue weighted by Gasteiger charge is -1.99.